The zero-order chi connectivity index (χ0) is 18.8. The Balaban J connectivity index is 1.98. The van der Waals surface area contributed by atoms with Crippen molar-refractivity contribution in [3.63, 3.8) is 0 Å². The summed E-state index contributed by atoms with van der Waals surface area (Å²) in [5.41, 5.74) is 1.78. The second kappa shape index (κ2) is 7.73. The predicted molar refractivity (Wildman–Crippen MR) is 107 cm³/mol. The van der Waals surface area contributed by atoms with Crippen molar-refractivity contribution in [2.45, 2.75) is 13.3 Å². The van der Waals surface area contributed by atoms with Gasteiger partial charge in [-0.25, -0.2) is 9.97 Å². The van der Waals surface area contributed by atoms with Gasteiger partial charge in [-0.1, -0.05) is 22.9 Å². The largest absolute Gasteiger partial charge is 0.330 e. The van der Waals surface area contributed by atoms with Gasteiger partial charge in [0.25, 0.3) is 5.91 Å². The molecule has 2 aromatic heterocycles. The van der Waals surface area contributed by atoms with Gasteiger partial charge in [0.2, 0.25) is 0 Å². The third-order valence-corrected chi connectivity index (χ3v) is 5.67. The number of fused-ring (bicyclic) bond motifs is 1. The molecular formula is C18H22ClN5OS. The van der Waals surface area contributed by atoms with Gasteiger partial charge in [0.15, 0.2) is 11.0 Å². The summed E-state index contributed by atoms with van der Waals surface area (Å²) in [5, 5.41) is 1.36. The van der Waals surface area contributed by atoms with Crippen LogP contribution >= 0.6 is 22.9 Å². The average Bonchev–Trinajstić information content (AvgIpc) is 3.21. The van der Waals surface area contributed by atoms with E-state index in [9.17, 15) is 4.79 Å². The topological polar surface area (TPSA) is 54.3 Å². The third-order valence-electron chi connectivity index (χ3n) is 4.21. The molecule has 26 heavy (non-hydrogen) atoms. The quantitative estimate of drug-likeness (QED) is 0.644. The van der Waals surface area contributed by atoms with Gasteiger partial charge >= 0.3 is 0 Å². The molecule has 0 aliphatic rings. The number of imidazole rings is 1. The van der Waals surface area contributed by atoms with E-state index in [-0.39, 0.29) is 5.91 Å². The van der Waals surface area contributed by atoms with Crippen LogP contribution in [-0.4, -0.2) is 52.5 Å². The molecule has 1 aromatic carbocycles. The number of nitrogens with zero attached hydrogens (tertiary/aromatic N) is 5. The lowest BCUT2D eigenvalue weighted by atomic mass is 10.2. The Bertz CT molecular complexity index is 933. The van der Waals surface area contributed by atoms with Crippen LogP contribution in [0.1, 0.15) is 22.6 Å². The SMILES string of the molecule is Cc1c(Cl)ccc2sc(N(CCCN(C)C)C(=O)c3nccn3C)nc12. The molecule has 0 N–H and O–H groups in total. The molecule has 8 heteroatoms. The standard InChI is InChI=1S/C18H22ClN5OS/c1-12-13(19)6-7-14-15(12)21-18(26-14)24(10-5-9-22(2)3)17(25)16-20-8-11-23(16)4/h6-8,11H,5,9-10H2,1-4H3. The van der Waals surface area contributed by atoms with E-state index in [1.54, 1.807) is 21.9 Å². The van der Waals surface area contributed by atoms with Crippen molar-refractivity contribution in [3.05, 3.63) is 40.9 Å². The van der Waals surface area contributed by atoms with Crippen molar-refractivity contribution in [2.75, 3.05) is 32.1 Å². The van der Waals surface area contributed by atoms with E-state index < -0.39 is 0 Å². The minimum Gasteiger partial charge on any atom is -0.330 e. The molecule has 0 spiro atoms. The number of carbonyl (C=O) groups excluding carboxylic acids is 1. The summed E-state index contributed by atoms with van der Waals surface area (Å²) in [6.45, 7) is 3.42. The lowest BCUT2D eigenvalue weighted by Crippen LogP contribution is -2.35. The highest BCUT2D eigenvalue weighted by atomic mass is 35.5. The summed E-state index contributed by atoms with van der Waals surface area (Å²) >= 11 is 7.73. The normalized spacial score (nSPS) is 11.5. The van der Waals surface area contributed by atoms with Crippen molar-refractivity contribution in [1.29, 1.82) is 0 Å². The average molecular weight is 392 g/mol. The Labute approximate surface area is 162 Å². The van der Waals surface area contributed by atoms with Crippen LogP contribution in [0.4, 0.5) is 5.13 Å². The summed E-state index contributed by atoms with van der Waals surface area (Å²) in [6.07, 6.45) is 4.25. The number of anilines is 1. The maximum absolute atomic E-state index is 13.1. The molecule has 2 heterocycles. The minimum atomic E-state index is -0.140. The van der Waals surface area contributed by atoms with E-state index in [1.165, 1.54) is 11.3 Å². The van der Waals surface area contributed by atoms with Crippen molar-refractivity contribution in [2.24, 2.45) is 7.05 Å². The number of aryl methyl sites for hydroxylation is 2. The summed E-state index contributed by atoms with van der Waals surface area (Å²) in [6, 6.07) is 3.83. The van der Waals surface area contributed by atoms with E-state index in [0.29, 0.717) is 22.5 Å². The van der Waals surface area contributed by atoms with Crippen LogP contribution in [0.3, 0.4) is 0 Å². The maximum atomic E-state index is 13.1. The number of hydrogen-bond acceptors (Lipinski definition) is 5. The van der Waals surface area contributed by atoms with Crippen LogP contribution in [0, 0.1) is 6.92 Å². The fourth-order valence-corrected chi connectivity index (χ4v) is 3.93. The Kier molecular flexibility index (Phi) is 5.60. The second-order valence-corrected chi connectivity index (χ2v) is 7.91. The smallest absolute Gasteiger partial charge is 0.296 e. The van der Waals surface area contributed by atoms with Crippen LogP contribution in [0.15, 0.2) is 24.5 Å². The zero-order valence-electron chi connectivity index (χ0n) is 15.4. The minimum absolute atomic E-state index is 0.140. The first kappa shape index (κ1) is 18.8. The number of amides is 1. The van der Waals surface area contributed by atoms with E-state index in [2.05, 4.69) is 9.88 Å². The molecule has 0 bridgehead atoms. The van der Waals surface area contributed by atoms with E-state index in [0.717, 1.165) is 28.7 Å². The van der Waals surface area contributed by atoms with E-state index in [1.807, 2.05) is 40.2 Å². The molecule has 0 saturated carbocycles. The lowest BCUT2D eigenvalue weighted by Gasteiger charge is -2.20. The van der Waals surface area contributed by atoms with Crippen LogP contribution in [0.5, 0.6) is 0 Å². The van der Waals surface area contributed by atoms with Gasteiger partial charge in [0, 0.05) is 31.0 Å². The van der Waals surface area contributed by atoms with Crippen LogP contribution < -0.4 is 4.90 Å². The molecule has 0 aliphatic heterocycles. The van der Waals surface area contributed by atoms with Crippen molar-refractivity contribution < 1.29 is 4.79 Å². The molecule has 3 aromatic rings. The molecule has 0 fully saturated rings. The Morgan fingerprint density at radius 1 is 1.31 bits per heavy atom. The van der Waals surface area contributed by atoms with Crippen molar-refractivity contribution >= 4 is 44.2 Å². The summed E-state index contributed by atoms with van der Waals surface area (Å²) in [7, 11) is 5.86. The first-order chi connectivity index (χ1) is 12.4. The highest BCUT2D eigenvalue weighted by molar-refractivity contribution is 7.22. The number of thiazole rings is 1. The molecule has 138 valence electrons. The van der Waals surface area contributed by atoms with Gasteiger partial charge in [0.05, 0.1) is 10.2 Å². The van der Waals surface area contributed by atoms with Gasteiger partial charge in [-0.2, -0.15) is 0 Å². The fraction of sp³-hybridized carbons (Fsp3) is 0.389. The van der Waals surface area contributed by atoms with E-state index in [4.69, 9.17) is 16.6 Å². The summed E-state index contributed by atoms with van der Waals surface area (Å²) in [4.78, 5) is 25.9. The van der Waals surface area contributed by atoms with Gasteiger partial charge in [-0.05, 0) is 51.7 Å². The van der Waals surface area contributed by atoms with Gasteiger partial charge in [-0.15, -0.1) is 0 Å². The second-order valence-electron chi connectivity index (χ2n) is 6.49. The molecule has 0 radical (unpaired) electrons. The number of benzene rings is 1. The predicted octanol–water partition coefficient (Wildman–Crippen LogP) is 3.59. The number of carbonyl (C=O) groups is 1. The first-order valence-corrected chi connectivity index (χ1v) is 9.57. The zero-order valence-corrected chi connectivity index (χ0v) is 16.9. The van der Waals surface area contributed by atoms with Gasteiger partial charge in [-0.3, -0.25) is 9.69 Å². The summed E-state index contributed by atoms with van der Waals surface area (Å²) < 4.78 is 2.75. The Morgan fingerprint density at radius 3 is 2.73 bits per heavy atom. The summed E-state index contributed by atoms with van der Waals surface area (Å²) in [5.74, 6) is 0.267. The number of aromatic nitrogens is 3. The molecule has 0 atom stereocenters. The van der Waals surface area contributed by atoms with Gasteiger partial charge < -0.3 is 9.47 Å². The molecule has 0 aliphatic carbocycles. The maximum Gasteiger partial charge on any atom is 0.296 e. The highest BCUT2D eigenvalue weighted by Gasteiger charge is 2.24. The number of rotatable bonds is 6. The fourth-order valence-electron chi connectivity index (χ4n) is 2.73. The van der Waals surface area contributed by atoms with Crippen LogP contribution in [0.2, 0.25) is 5.02 Å². The lowest BCUT2D eigenvalue weighted by molar-refractivity contribution is 0.0973. The van der Waals surface area contributed by atoms with E-state index >= 15 is 0 Å². The van der Waals surface area contributed by atoms with Crippen LogP contribution in [-0.2, 0) is 7.05 Å². The van der Waals surface area contributed by atoms with Crippen molar-refractivity contribution in [1.82, 2.24) is 19.4 Å². The molecule has 6 nitrogen and oxygen atoms in total. The molecule has 3 rings (SSSR count). The highest BCUT2D eigenvalue weighted by Crippen LogP contribution is 2.34. The third kappa shape index (κ3) is 3.75. The number of halogens is 1. The Hall–Kier alpha value is -1.96. The molecule has 0 unspecified atom stereocenters. The van der Waals surface area contributed by atoms with Gasteiger partial charge in [0.1, 0.15) is 0 Å². The molecule has 0 saturated heterocycles. The first-order valence-electron chi connectivity index (χ1n) is 8.38. The van der Waals surface area contributed by atoms with Crippen LogP contribution in [0.25, 0.3) is 10.2 Å². The monoisotopic (exact) mass is 391 g/mol. The van der Waals surface area contributed by atoms with Crippen molar-refractivity contribution in [3.8, 4) is 0 Å². The molecular weight excluding hydrogens is 370 g/mol. The molecule has 1 amide bonds. The Morgan fingerprint density at radius 2 is 2.08 bits per heavy atom. The number of hydrogen-bond donors (Lipinski definition) is 0.